The van der Waals surface area contributed by atoms with E-state index in [0.717, 1.165) is 29.7 Å². The minimum absolute atomic E-state index is 0.133. The second kappa shape index (κ2) is 7.16. The van der Waals surface area contributed by atoms with E-state index in [0.29, 0.717) is 0 Å². The van der Waals surface area contributed by atoms with Gasteiger partial charge in [0.25, 0.3) is 0 Å². The standard InChI is InChI=1S/C16H22BrNO2S/c1-16(2)14(15(19)20-3)18(9-4-10-21-16)11-12-5-7-13(17)8-6-12/h5-8,14H,4,9-11H2,1-3H3/t14-/m0/s1. The highest BCUT2D eigenvalue weighted by Gasteiger charge is 2.42. The molecular weight excluding hydrogens is 350 g/mol. The fraction of sp³-hybridized carbons (Fsp3) is 0.562. The lowest BCUT2D eigenvalue weighted by molar-refractivity contribution is -0.148. The third-order valence-electron chi connectivity index (χ3n) is 3.81. The van der Waals surface area contributed by atoms with E-state index in [1.807, 2.05) is 23.9 Å². The highest BCUT2D eigenvalue weighted by Crippen LogP contribution is 2.36. The van der Waals surface area contributed by atoms with Crippen LogP contribution in [0, 0.1) is 0 Å². The number of rotatable bonds is 3. The van der Waals surface area contributed by atoms with E-state index < -0.39 is 0 Å². The number of carbonyl (C=O) groups is 1. The highest BCUT2D eigenvalue weighted by atomic mass is 79.9. The Hall–Kier alpha value is -0.520. The molecule has 1 aromatic carbocycles. The van der Waals surface area contributed by atoms with Crippen molar-refractivity contribution < 1.29 is 9.53 Å². The van der Waals surface area contributed by atoms with Crippen molar-refractivity contribution in [3.8, 4) is 0 Å². The van der Waals surface area contributed by atoms with Crippen LogP contribution < -0.4 is 0 Å². The number of halogens is 1. The summed E-state index contributed by atoms with van der Waals surface area (Å²) < 4.78 is 6.00. The summed E-state index contributed by atoms with van der Waals surface area (Å²) in [6.45, 7) is 5.97. The molecule has 0 spiro atoms. The predicted octanol–water partition coefficient (Wildman–Crippen LogP) is 3.71. The maximum Gasteiger partial charge on any atom is 0.324 e. The lowest BCUT2D eigenvalue weighted by Gasteiger charge is -2.37. The topological polar surface area (TPSA) is 29.5 Å². The highest BCUT2D eigenvalue weighted by molar-refractivity contribution is 9.10. The number of benzene rings is 1. The van der Waals surface area contributed by atoms with Gasteiger partial charge in [-0.3, -0.25) is 9.69 Å². The van der Waals surface area contributed by atoms with Crippen molar-refractivity contribution in [1.29, 1.82) is 0 Å². The first-order valence-corrected chi connectivity index (χ1v) is 8.92. The molecule has 2 rings (SSSR count). The van der Waals surface area contributed by atoms with Crippen LogP contribution in [0.4, 0.5) is 0 Å². The maximum absolute atomic E-state index is 12.3. The second-order valence-corrected chi connectivity index (χ2v) is 8.49. The maximum atomic E-state index is 12.3. The third kappa shape index (κ3) is 4.24. The quantitative estimate of drug-likeness (QED) is 0.757. The molecule has 1 heterocycles. The first-order chi connectivity index (χ1) is 9.94. The van der Waals surface area contributed by atoms with Crippen molar-refractivity contribution in [1.82, 2.24) is 4.90 Å². The van der Waals surface area contributed by atoms with E-state index in [1.54, 1.807) is 0 Å². The van der Waals surface area contributed by atoms with Crippen molar-refractivity contribution in [2.45, 2.75) is 37.6 Å². The number of thioether (sulfide) groups is 1. The van der Waals surface area contributed by atoms with Gasteiger partial charge in [-0.05, 0) is 43.7 Å². The third-order valence-corrected chi connectivity index (χ3v) is 5.80. The van der Waals surface area contributed by atoms with Crippen molar-refractivity contribution in [2.75, 3.05) is 19.4 Å². The Morgan fingerprint density at radius 1 is 1.43 bits per heavy atom. The number of ether oxygens (including phenoxy) is 1. The summed E-state index contributed by atoms with van der Waals surface area (Å²) in [5.74, 6) is 0.948. The Bertz CT molecular complexity index is 490. The average molecular weight is 372 g/mol. The van der Waals surface area contributed by atoms with E-state index in [1.165, 1.54) is 12.7 Å². The Labute approximate surface area is 139 Å². The Morgan fingerprint density at radius 3 is 2.71 bits per heavy atom. The van der Waals surface area contributed by atoms with E-state index in [2.05, 4.69) is 46.8 Å². The molecule has 5 heteroatoms. The lowest BCUT2D eigenvalue weighted by Crippen LogP contribution is -2.52. The summed E-state index contributed by atoms with van der Waals surface area (Å²) in [6, 6.07) is 8.08. The van der Waals surface area contributed by atoms with Crippen LogP contribution in [0.3, 0.4) is 0 Å². The summed E-state index contributed by atoms with van der Waals surface area (Å²) in [5.41, 5.74) is 1.22. The first kappa shape index (κ1) is 16.8. The molecule has 1 aliphatic rings. The molecule has 0 amide bonds. The van der Waals surface area contributed by atoms with Gasteiger partial charge >= 0.3 is 5.97 Å². The van der Waals surface area contributed by atoms with Gasteiger partial charge in [-0.2, -0.15) is 11.8 Å². The van der Waals surface area contributed by atoms with Gasteiger partial charge in [-0.15, -0.1) is 0 Å². The number of nitrogens with zero attached hydrogens (tertiary/aromatic N) is 1. The largest absolute Gasteiger partial charge is 0.468 e. The molecule has 0 unspecified atom stereocenters. The fourth-order valence-corrected chi connectivity index (χ4v) is 4.26. The molecule has 0 bridgehead atoms. The number of carbonyl (C=O) groups excluding carboxylic acids is 1. The van der Waals surface area contributed by atoms with Crippen LogP contribution in [-0.2, 0) is 16.1 Å². The molecule has 0 radical (unpaired) electrons. The van der Waals surface area contributed by atoms with Crippen molar-refractivity contribution in [3.05, 3.63) is 34.3 Å². The molecule has 21 heavy (non-hydrogen) atoms. The van der Waals surface area contributed by atoms with Crippen molar-refractivity contribution in [2.24, 2.45) is 0 Å². The number of hydrogen-bond donors (Lipinski definition) is 0. The molecule has 1 atom stereocenters. The molecule has 1 saturated heterocycles. The first-order valence-electron chi connectivity index (χ1n) is 7.14. The summed E-state index contributed by atoms with van der Waals surface area (Å²) in [7, 11) is 1.48. The van der Waals surface area contributed by atoms with Crippen LogP contribution in [0.1, 0.15) is 25.8 Å². The van der Waals surface area contributed by atoms with Crippen LogP contribution in [0.2, 0.25) is 0 Å². The molecular formula is C16H22BrNO2S. The zero-order valence-corrected chi connectivity index (χ0v) is 15.2. The molecule has 1 fully saturated rings. The van der Waals surface area contributed by atoms with Crippen molar-refractivity contribution in [3.63, 3.8) is 0 Å². The van der Waals surface area contributed by atoms with Gasteiger partial charge in [-0.25, -0.2) is 0 Å². The fourth-order valence-electron chi connectivity index (χ4n) is 2.79. The molecule has 1 aromatic rings. The van der Waals surface area contributed by atoms with Gasteiger partial charge in [0.15, 0.2) is 0 Å². The number of esters is 1. The Kier molecular flexibility index (Phi) is 5.74. The van der Waals surface area contributed by atoms with E-state index in [9.17, 15) is 4.79 Å². The molecule has 0 saturated carbocycles. The molecule has 116 valence electrons. The molecule has 0 aromatic heterocycles. The summed E-state index contributed by atoms with van der Waals surface area (Å²) in [6.07, 6.45) is 1.10. The minimum Gasteiger partial charge on any atom is -0.468 e. The van der Waals surface area contributed by atoms with Crippen LogP contribution in [0.15, 0.2) is 28.7 Å². The van der Waals surface area contributed by atoms with E-state index in [4.69, 9.17) is 4.74 Å². The van der Waals surface area contributed by atoms with Crippen molar-refractivity contribution >= 4 is 33.7 Å². The average Bonchev–Trinajstić information content (AvgIpc) is 2.59. The number of methoxy groups -OCH3 is 1. The van der Waals surface area contributed by atoms with Gasteiger partial charge < -0.3 is 4.74 Å². The molecule has 1 aliphatic heterocycles. The molecule has 0 N–H and O–H groups in total. The summed E-state index contributed by atoms with van der Waals surface area (Å²) >= 11 is 5.32. The van der Waals surface area contributed by atoms with Crippen LogP contribution in [0.25, 0.3) is 0 Å². The minimum atomic E-state index is -0.210. The van der Waals surface area contributed by atoms with Gasteiger partial charge in [0, 0.05) is 22.3 Å². The smallest absolute Gasteiger partial charge is 0.324 e. The van der Waals surface area contributed by atoms with Gasteiger partial charge in [0.1, 0.15) is 6.04 Å². The zero-order chi connectivity index (χ0) is 15.5. The lowest BCUT2D eigenvalue weighted by atomic mass is 10.0. The van der Waals surface area contributed by atoms with E-state index >= 15 is 0 Å². The van der Waals surface area contributed by atoms with Crippen LogP contribution in [-0.4, -0.2) is 41.1 Å². The van der Waals surface area contributed by atoms with Gasteiger partial charge in [-0.1, -0.05) is 28.1 Å². The Balaban J connectivity index is 2.24. The van der Waals surface area contributed by atoms with E-state index in [-0.39, 0.29) is 16.8 Å². The monoisotopic (exact) mass is 371 g/mol. The Morgan fingerprint density at radius 2 is 2.10 bits per heavy atom. The summed E-state index contributed by atoms with van der Waals surface area (Å²) in [4.78, 5) is 14.6. The predicted molar refractivity (Wildman–Crippen MR) is 91.5 cm³/mol. The second-order valence-electron chi connectivity index (χ2n) is 5.83. The SMILES string of the molecule is COC(=O)[C@@H]1N(Cc2ccc(Br)cc2)CCCSC1(C)C. The normalized spacial score (nSPS) is 22.6. The molecule has 3 nitrogen and oxygen atoms in total. The van der Waals surface area contributed by atoms with Gasteiger partial charge in [0.2, 0.25) is 0 Å². The number of hydrogen-bond acceptors (Lipinski definition) is 4. The van der Waals surface area contributed by atoms with Gasteiger partial charge in [0.05, 0.1) is 7.11 Å². The zero-order valence-electron chi connectivity index (χ0n) is 12.8. The summed E-state index contributed by atoms with van der Waals surface area (Å²) in [5, 5.41) is 0. The van der Waals surface area contributed by atoms with Crippen LogP contribution in [0.5, 0.6) is 0 Å². The molecule has 0 aliphatic carbocycles. The van der Waals surface area contributed by atoms with Crippen LogP contribution >= 0.6 is 27.7 Å².